The first-order valence-electron chi connectivity index (χ1n) is 7.93. The maximum absolute atomic E-state index is 5.36. The summed E-state index contributed by atoms with van der Waals surface area (Å²) in [7, 11) is 0. The number of rotatable bonds is 15. The maximum atomic E-state index is 5.36. The van der Waals surface area contributed by atoms with Crippen molar-refractivity contribution >= 4 is 0 Å². The Kier molecular flexibility index (Phi) is 26.4. The van der Waals surface area contributed by atoms with Crippen molar-refractivity contribution in [2.24, 2.45) is 0 Å². The average Bonchev–Trinajstić information content (AvgIpc) is 2.50. The van der Waals surface area contributed by atoms with Crippen molar-refractivity contribution in [2.45, 2.75) is 34.1 Å². The molecule has 0 aromatic carbocycles. The molecular weight excluding hydrogens is 258 g/mol. The van der Waals surface area contributed by atoms with Gasteiger partial charge in [-0.3, -0.25) is 0 Å². The summed E-state index contributed by atoms with van der Waals surface area (Å²) in [5.74, 6) is 0. The number of nitrogens with one attached hydrogen (secondary N) is 1. The van der Waals surface area contributed by atoms with Gasteiger partial charge >= 0.3 is 0 Å². The van der Waals surface area contributed by atoms with Crippen LogP contribution >= 0.6 is 0 Å². The lowest BCUT2D eigenvalue weighted by Gasteiger charge is -2.07. The van der Waals surface area contributed by atoms with Crippen LogP contribution in [0.3, 0.4) is 0 Å². The summed E-state index contributed by atoms with van der Waals surface area (Å²) >= 11 is 0. The highest BCUT2D eigenvalue weighted by atomic mass is 16.6. The third-order valence-electron chi connectivity index (χ3n) is 2.14. The second-order valence-corrected chi connectivity index (χ2v) is 3.80. The van der Waals surface area contributed by atoms with Crippen molar-refractivity contribution in [3.63, 3.8) is 0 Å². The minimum absolute atomic E-state index is 0. The molecule has 1 N–H and O–H groups in total. The van der Waals surface area contributed by atoms with Gasteiger partial charge < -0.3 is 24.3 Å². The van der Waals surface area contributed by atoms with Gasteiger partial charge in [0.2, 0.25) is 0 Å². The van der Waals surface area contributed by atoms with Crippen LogP contribution in [-0.4, -0.2) is 65.9 Å². The van der Waals surface area contributed by atoms with Gasteiger partial charge in [0.15, 0.2) is 0 Å². The summed E-state index contributed by atoms with van der Waals surface area (Å²) in [6.45, 7) is 15.4. The molecule has 0 aliphatic heterocycles. The van der Waals surface area contributed by atoms with Gasteiger partial charge in [-0.15, -0.1) is 0 Å². The van der Waals surface area contributed by atoms with Gasteiger partial charge in [0.05, 0.1) is 46.2 Å². The van der Waals surface area contributed by atoms with Crippen LogP contribution in [0, 0.1) is 0 Å². The van der Waals surface area contributed by atoms with Crippen molar-refractivity contribution in [3.8, 4) is 0 Å². The second-order valence-electron chi connectivity index (χ2n) is 3.80. The molecule has 0 spiro atoms. The van der Waals surface area contributed by atoms with E-state index in [0.717, 1.165) is 32.7 Å². The number of likely N-dealkylation sites (N-methyl/N-ethyl adjacent to an activating group) is 1. The predicted molar refractivity (Wildman–Crippen MR) is 85.6 cm³/mol. The Bertz CT molecular complexity index is 138. The highest BCUT2D eigenvalue weighted by Gasteiger charge is 1.92. The minimum Gasteiger partial charge on any atom is -0.379 e. The Morgan fingerprint density at radius 2 is 1.05 bits per heavy atom. The fourth-order valence-electron chi connectivity index (χ4n) is 1.23. The van der Waals surface area contributed by atoms with Gasteiger partial charge in [-0.25, -0.2) is 0 Å². The monoisotopic (exact) mass is 295 g/mol. The van der Waals surface area contributed by atoms with Crippen molar-refractivity contribution < 1.29 is 20.4 Å². The molecule has 0 aliphatic carbocycles. The van der Waals surface area contributed by atoms with Gasteiger partial charge in [0, 0.05) is 14.6 Å². The molecule has 126 valence electrons. The lowest BCUT2D eigenvalue weighted by Crippen LogP contribution is -2.20. The molecule has 0 atom stereocenters. The van der Waals surface area contributed by atoms with Crippen LogP contribution in [-0.2, 0) is 18.9 Å². The van der Waals surface area contributed by atoms with Crippen molar-refractivity contribution in [1.82, 2.24) is 5.32 Å². The first-order chi connectivity index (χ1) is 9.91. The molecule has 0 rings (SSSR count). The molecule has 0 unspecified atom stereocenters. The van der Waals surface area contributed by atoms with Gasteiger partial charge in [0.1, 0.15) is 0 Å². The first-order valence-corrected chi connectivity index (χ1v) is 7.93. The third-order valence-corrected chi connectivity index (χ3v) is 2.14. The van der Waals surface area contributed by atoms with E-state index >= 15 is 0 Å². The van der Waals surface area contributed by atoms with Crippen molar-refractivity contribution in [1.29, 1.82) is 0 Å². The van der Waals surface area contributed by atoms with E-state index in [2.05, 4.69) is 19.2 Å². The van der Waals surface area contributed by atoms with E-state index in [0.29, 0.717) is 39.6 Å². The molecule has 0 aliphatic rings. The molecule has 5 heteroatoms. The molecule has 0 fully saturated rings. The Morgan fingerprint density at radius 3 is 1.45 bits per heavy atom. The summed E-state index contributed by atoms with van der Waals surface area (Å²) in [5, 5.41) is 3.19. The van der Waals surface area contributed by atoms with Gasteiger partial charge in [-0.1, -0.05) is 27.7 Å². The molecule has 0 saturated carbocycles. The van der Waals surface area contributed by atoms with Crippen LogP contribution in [0.1, 0.15) is 35.5 Å². The molecule has 0 saturated heterocycles. The molecular formula is C15H37NO4. The Morgan fingerprint density at radius 1 is 0.650 bits per heavy atom. The molecule has 0 aromatic rings. The zero-order chi connectivity index (χ0) is 15.3. The standard InChI is InChI=1S/C13H29NO4.C2H6.H2/c1-3-6-15-8-10-17-12-13-18-11-9-16-7-5-14-4-2;1-2;/h14H,3-13H2,1-2H3;1-2H3;1H. The number of hydrogen-bond acceptors (Lipinski definition) is 5. The van der Waals surface area contributed by atoms with Crippen molar-refractivity contribution in [2.75, 3.05) is 65.9 Å². The molecule has 20 heavy (non-hydrogen) atoms. The second kappa shape index (κ2) is 23.9. The van der Waals surface area contributed by atoms with E-state index in [9.17, 15) is 0 Å². The molecule has 0 radical (unpaired) electrons. The molecule has 5 nitrogen and oxygen atoms in total. The fraction of sp³-hybridized carbons (Fsp3) is 1.00. The van der Waals surface area contributed by atoms with Crippen LogP contribution < -0.4 is 5.32 Å². The topological polar surface area (TPSA) is 49.0 Å². The highest BCUT2D eigenvalue weighted by molar-refractivity contribution is 4.40. The van der Waals surface area contributed by atoms with E-state index in [1.807, 2.05) is 13.8 Å². The summed E-state index contributed by atoms with van der Waals surface area (Å²) < 4.78 is 21.3. The SMILES string of the molecule is CC.CCCOCCOCCOCCOCCNCC.[HH]. The van der Waals surface area contributed by atoms with Crippen molar-refractivity contribution in [3.05, 3.63) is 0 Å². The fourth-order valence-corrected chi connectivity index (χ4v) is 1.23. The largest absolute Gasteiger partial charge is 0.379 e. The lowest BCUT2D eigenvalue weighted by atomic mass is 10.5. The Labute approximate surface area is 126 Å². The Hall–Kier alpha value is -0.200. The van der Waals surface area contributed by atoms with E-state index in [1.54, 1.807) is 0 Å². The average molecular weight is 295 g/mol. The Balaban J connectivity index is -0.00000103. The van der Waals surface area contributed by atoms with E-state index in [1.165, 1.54) is 0 Å². The van der Waals surface area contributed by atoms with Crippen LogP contribution in [0.25, 0.3) is 0 Å². The van der Waals surface area contributed by atoms with Crippen LogP contribution in [0.5, 0.6) is 0 Å². The van der Waals surface area contributed by atoms with E-state index in [4.69, 9.17) is 18.9 Å². The van der Waals surface area contributed by atoms with E-state index < -0.39 is 0 Å². The summed E-state index contributed by atoms with van der Waals surface area (Å²) in [5.41, 5.74) is 0. The summed E-state index contributed by atoms with van der Waals surface area (Å²) in [6, 6.07) is 0. The zero-order valence-electron chi connectivity index (χ0n) is 13.9. The van der Waals surface area contributed by atoms with Gasteiger partial charge in [-0.05, 0) is 13.0 Å². The molecule has 0 bridgehead atoms. The smallest absolute Gasteiger partial charge is 0.0701 e. The van der Waals surface area contributed by atoms with Gasteiger partial charge in [0.25, 0.3) is 0 Å². The lowest BCUT2D eigenvalue weighted by molar-refractivity contribution is -0.00133. The zero-order valence-corrected chi connectivity index (χ0v) is 13.9. The number of ether oxygens (including phenoxy) is 4. The molecule has 0 heterocycles. The first kappa shape index (κ1) is 22.1. The summed E-state index contributed by atoms with van der Waals surface area (Å²) in [4.78, 5) is 0. The quantitative estimate of drug-likeness (QED) is 0.470. The van der Waals surface area contributed by atoms with Crippen LogP contribution in [0.2, 0.25) is 0 Å². The predicted octanol–water partition coefficient (Wildman–Crippen LogP) is 2.34. The molecule has 0 aromatic heterocycles. The third kappa shape index (κ3) is 22.9. The normalized spacial score (nSPS) is 10.2. The molecule has 0 amide bonds. The van der Waals surface area contributed by atoms with E-state index in [-0.39, 0.29) is 1.43 Å². The van der Waals surface area contributed by atoms with Gasteiger partial charge in [-0.2, -0.15) is 0 Å². The van der Waals surface area contributed by atoms with Crippen LogP contribution in [0.15, 0.2) is 0 Å². The number of hydrogen-bond donors (Lipinski definition) is 1. The minimum atomic E-state index is 0. The summed E-state index contributed by atoms with van der Waals surface area (Å²) in [6.07, 6.45) is 1.05. The van der Waals surface area contributed by atoms with Crippen LogP contribution in [0.4, 0.5) is 0 Å². The maximum Gasteiger partial charge on any atom is 0.0701 e. The highest BCUT2D eigenvalue weighted by Crippen LogP contribution is 1.83.